The second-order valence-electron chi connectivity index (χ2n) is 4.02. The van der Waals surface area contributed by atoms with E-state index in [1.807, 2.05) is 19.1 Å². The Morgan fingerprint density at radius 1 is 1.24 bits per heavy atom. The number of hydrogen-bond acceptors (Lipinski definition) is 2. The molecule has 0 spiro atoms. The minimum absolute atomic E-state index is 0.00907. The van der Waals surface area contributed by atoms with E-state index < -0.39 is 0 Å². The number of aryl methyl sites for hydroxylation is 1. The Bertz CT molecular complexity index is 643. The number of benzene rings is 1. The molecule has 2 heterocycles. The molecule has 1 aromatic carbocycles. The Kier molecular flexibility index (Phi) is 2.07. The molecule has 2 aromatic rings. The molecule has 0 bridgehead atoms. The summed E-state index contributed by atoms with van der Waals surface area (Å²) in [6.45, 7) is 1.94. The van der Waals surface area contributed by atoms with Gasteiger partial charge in [0.25, 0.3) is 0 Å². The van der Waals surface area contributed by atoms with Crippen LogP contribution in [0.4, 0.5) is 0 Å². The van der Waals surface area contributed by atoms with Crippen molar-refractivity contribution in [2.75, 3.05) is 7.11 Å². The summed E-state index contributed by atoms with van der Waals surface area (Å²) in [6.07, 6.45) is 0. The van der Waals surface area contributed by atoms with Gasteiger partial charge < -0.3 is 4.74 Å². The van der Waals surface area contributed by atoms with Crippen LogP contribution in [0.5, 0.6) is 5.75 Å². The molecule has 4 heteroatoms. The van der Waals surface area contributed by atoms with Crippen molar-refractivity contribution in [2.45, 2.75) is 6.92 Å². The van der Waals surface area contributed by atoms with Crippen molar-refractivity contribution < 1.29 is 9.53 Å². The first kappa shape index (κ1) is 10.4. The summed E-state index contributed by atoms with van der Waals surface area (Å²) in [4.78, 5) is 12.1. The molecule has 3 rings (SSSR count). The van der Waals surface area contributed by atoms with Gasteiger partial charge in [-0.1, -0.05) is 17.7 Å². The Hall–Kier alpha value is -1.74. The van der Waals surface area contributed by atoms with Crippen LogP contribution in [-0.4, -0.2) is 17.5 Å². The summed E-state index contributed by atoms with van der Waals surface area (Å²) < 4.78 is 7.13. The first-order valence-corrected chi connectivity index (χ1v) is 5.63. The summed E-state index contributed by atoms with van der Waals surface area (Å²) in [5, 5.41) is 0.524. The monoisotopic (exact) mass is 247 g/mol. The van der Waals surface area contributed by atoms with E-state index >= 15 is 0 Å². The number of fused-ring (bicyclic) bond motifs is 3. The average molecular weight is 248 g/mol. The van der Waals surface area contributed by atoms with Crippen LogP contribution in [0.25, 0.3) is 5.69 Å². The van der Waals surface area contributed by atoms with Crippen molar-refractivity contribution in [3.8, 4) is 11.4 Å². The van der Waals surface area contributed by atoms with E-state index in [0.717, 1.165) is 11.3 Å². The topological polar surface area (TPSA) is 31.2 Å². The quantitative estimate of drug-likeness (QED) is 0.662. The van der Waals surface area contributed by atoms with Crippen LogP contribution in [0.1, 0.15) is 21.6 Å². The highest BCUT2D eigenvalue weighted by Crippen LogP contribution is 2.39. The van der Waals surface area contributed by atoms with E-state index in [-0.39, 0.29) is 5.78 Å². The maximum absolute atomic E-state index is 12.1. The standard InChI is InChI=1S/C13H10ClNO2/c1-7-3-4-8-11(13(7)17-2)15-9(12(8)16)5-6-10(15)14/h3-6H,1-2H3. The fourth-order valence-corrected chi connectivity index (χ4v) is 2.53. The van der Waals surface area contributed by atoms with Crippen molar-refractivity contribution in [1.29, 1.82) is 0 Å². The minimum Gasteiger partial charge on any atom is -0.494 e. The lowest BCUT2D eigenvalue weighted by molar-refractivity contribution is 0.104. The lowest BCUT2D eigenvalue weighted by atomic mass is 10.1. The van der Waals surface area contributed by atoms with Gasteiger partial charge in [0.15, 0.2) is 0 Å². The molecule has 0 N–H and O–H groups in total. The Morgan fingerprint density at radius 3 is 2.71 bits per heavy atom. The Labute approximate surface area is 104 Å². The maximum Gasteiger partial charge on any atom is 0.212 e. The third-order valence-corrected chi connectivity index (χ3v) is 3.36. The number of nitrogens with zero attached hydrogens (tertiary/aromatic N) is 1. The summed E-state index contributed by atoms with van der Waals surface area (Å²) in [6, 6.07) is 7.16. The molecule has 0 amide bonds. The maximum atomic E-state index is 12.1. The zero-order valence-electron chi connectivity index (χ0n) is 9.45. The van der Waals surface area contributed by atoms with Crippen LogP contribution >= 0.6 is 11.6 Å². The minimum atomic E-state index is -0.00907. The first-order chi connectivity index (χ1) is 8.15. The molecule has 0 unspecified atom stereocenters. The molecule has 1 aliphatic rings. The van der Waals surface area contributed by atoms with E-state index in [9.17, 15) is 4.79 Å². The predicted octanol–water partition coefficient (Wildman–Crippen LogP) is 2.99. The number of rotatable bonds is 1. The second kappa shape index (κ2) is 3.37. The van der Waals surface area contributed by atoms with Crippen molar-refractivity contribution in [1.82, 2.24) is 4.57 Å². The predicted molar refractivity (Wildman–Crippen MR) is 65.5 cm³/mol. The highest BCUT2D eigenvalue weighted by atomic mass is 35.5. The van der Waals surface area contributed by atoms with E-state index in [0.29, 0.717) is 22.2 Å². The molecular formula is C13H10ClNO2. The molecule has 0 aliphatic carbocycles. The summed E-state index contributed by atoms with van der Waals surface area (Å²) in [7, 11) is 1.60. The average Bonchev–Trinajstić information content (AvgIpc) is 2.81. The Morgan fingerprint density at radius 2 is 2.00 bits per heavy atom. The van der Waals surface area contributed by atoms with Crippen LogP contribution in [0, 0.1) is 6.92 Å². The van der Waals surface area contributed by atoms with Crippen molar-refractivity contribution in [2.24, 2.45) is 0 Å². The number of ether oxygens (including phenoxy) is 1. The third kappa shape index (κ3) is 1.20. The van der Waals surface area contributed by atoms with Crippen LogP contribution in [-0.2, 0) is 0 Å². The molecule has 0 atom stereocenters. The largest absolute Gasteiger partial charge is 0.494 e. The van der Waals surface area contributed by atoms with Gasteiger partial charge >= 0.3 is 0 Å². The van der Waals surface area contributed by atoms with Gasteiger partial charge in [-0.15, -0.1) is 0 Å². The van der Waals surface area contributed by atoms with E-state index in [1.54, 1.807) is 23.8 Å². The number of ketones is 1. The van der Waals surface area contributed by atoms with Crippen molar-refractivity contribution >= 4 is 17.4 Å². The zero-order valence-corrected chi connectivity index (χ0v) is 10.2. The van der Waals surface area contributed by atoms with Crippen LogP contribution in [0.2, 0.25) is 5.15 Å². The Balaban J connectivity index is 2.44. The van der Waals surface area contributed by atoms with Crippen LogP contribution in [0.3, 0.4) is 0 Å². The summed E-state index contributed by atoms with van der Waals surface area (Å²) in [5.41, 5.74) is 2.97. The molecular weight excluding hydrogens is 238 g/mol. The first-order valence-electron chi connectivity index (χ1n) is 5.25. The van der Waals surface area contributed by atoms with Gasteiger partial charge in [0.1, 0.15) is 16.6 Å². The lowest BCUT2D eigenvalue weighted by Crippen LogP contribution is -1.98. The fourth-order valence-electron chi connectivity index (χ4n) is 2.29. The molecule has 0 saturated heterocycles. The normalized spacial score (nSPS) is 12.5. The molecule has 1 aromatic heterocycles. The zero-order chi connectivity index (χ0) is 12.2. The molecule has 0 fully saturated rings. The molecule has 1 aliphatic heterocycles. The number of halogens is 1. The molecule has 86 valence electrons. The second-order valence-corrected chi connectivity index (χ2v) is 4.40. The van der Waals surface area contributed by atoms with Crippen molar-refractivity contribution in [3.05, 3.63) is 46.2 Å². The highest BCUT2D eigenvalue weighted by molar-refractivity contribution is 6.31. The van der Waals surface area contributed by atoms with E-state index in [1.165, 1.54) is 0 Å². The van der Waals surface area contributed by atoms with Gasteiger partial charge in [-0.3, -0.25) is 9.36 Å². The number of aromatic nitrogens is 1. The SMILES string of the molecule is COc1c(C)ccc2c1-n1c(Cl)ccc1C2=O. The molecule has 0 radical (unpaired) electrons. The van der Waals surface area contributed by atoms with Gasteiger partial charge in [-0.25, -0.2) is 0 Å². The van der Waals surface area contributed by atoms with Gasteiger partial charge in [-0.2, -0.15) is 0 Å². The van der Waals surface area contributed by atoms with Gasteiger partial charge in [0.05, 0.1) is 18.4 Å². The fraction of sp³-hybridized carbons (Fsp3) is 0.154. The van der Waals surface area contributed by atoms with Crippen molar-refractivity contribution in [3.63, 3.8) is 0 Å². The third-order valence-electron chi connectivity index (χ3n) is 3.07. The molecule has 0 saturated carbocycles. The molecule has 17 heavy (non-hydrogen) atoms. The molecule has 3 nitrogen and oxygen atoms in total. The van der Waals surface area contributed by atoms with Gasteiger partial charge in [0.2, 0.25) is 5.78 Å². The van der Waals surface area contributed by atoms with E-state index in [2.05, 4.69) is 0 Å². The van der Waals surface area contributed by atoms with Gasteiger partial charge in [-0.05, 0) is 30.7 Å². The van der Waals surface area contributed by atoms with Gasteiger partial charge in [0, 0.05) is 0 Å². The van der Waals surface area contributed by atoms with Crippen LogP contribution in [0.15, 0.2) is 24.3 Å². The number of hydrogen-bond donors (Lipinski definition) is 0. The van der Waals surface area contributed by atoms with Crippen LogP contribution < -0.4 is 4.74 Å². The highest BCUT2D eigenvalue weighted by Gasteiger charge is 2.31. The summed E-state index contributed by atoms with van der Waals surface area (Å²) in [5.74, 6) is 0.693. The smallest absolute Gasteiger partial charge is 0.212 e. The number of carbonyl (C=O) groups excluding carboxylic acids is 1. The summed E-state index contributed by atoms with van der Waals surface area (Å²) >= 11 is 6.11. The number of carbonyl (C=O) groups is 1. The lowest BCUT2D eigenvalue weighted by Gasteiger charge is -2.12. The number of methoxy groups -OCH3 is 1. The van der Waals surface area contributed by atoms with E-state index in [4.69, 9.17) is 16.3 Å².